The fourth-order valence-corrected chi connectivity index (χ4v) is 2.48. The van der Waals surface area contributed by atoms with E-state index < -0.39 is 4.92 Å². The summed E-state index contributed by atoms with van der Waals surface area (Å²) in [6.07, 6.45) is 0. The zero-order valence-electron chi connectivity index (χ0n) is 12.1. The Morgan fingerprint density at radius 2 is 2.25 bits per heavy atom. The van der Waals surface area contributed by atoms with E-state index in [4.69, 9.17) is 9.47 Å². The number of hydrogen-bond donors (Lipinski definition) is 0. The van der Waals surface area contributed by atoms with Crippen molar-refractivity contribution in [3.8, 4) is 5.75 Å². The van der Waals surface area contributed by atoms with E-state index in [0.29, 0.717) is 18.9 Å². The molecule has 0 saturated carbocycles. The first-order chi connectivity index (χ1) is 9.41. The van der Waals surface area contributed by atoms with Gasteiger partial charge in [-0.2, -0.15) is 0 Å². The lowest BCUT2D eigenvalue weighted by Gasteiger charge is -2.38. The fraction of sp³-hybridized carbons (Fsp3) is 0.571. The second-order valence-electron chi connectivity index (χ2n) is 5.58. The Kier molecular flexibility index (Phi) is 4.25. The lowest BCUT2D eigenvalue weighted by molar-refractivity contribution is -0.385. The summed E-state index contributed by atoms with van der Waals surface area (Å²) in [6, 6.07) is 5.11. The van der Waals surface area contributed by atoms with Crippen LogP contribution < -0.4 is 4.74 Å². The maximum atomic E-state index is 11.0. The highest BCUT2D eigenvalue weighted by Crippen LogP contribution is 2.28. The van der Waals surface area contributed by atoms with Gasteiger partial charge in [0.15, 0.2) is 5.75 Å². The van der Waals surface area contributed by atoms with Gasteiger partial charge in [-0.25, -0.2) is 0 Å². The Labute approximate surface area is 118 Å². The average Bonchev–Trinajstić information content (AvgIpc) is 2.37. The van der Waals surface area contributed by atoms with Crippen molar-refractivity contribution in [2.24, 2.45) is 0 Å². The van der Waals surface area contributed by atoms with Crippen molar-refractivity contribution in [2.75, 3.05) is 26.8 Å². The number of nitro groups is 1. The standard InChI is InChI=1S/C14H20N2O4/c1-14(2)10-15(6-7-20-14)9-11-4-5-13(19-3)12(8-11)16(17)18/h4-5,8H,6-7,9-10H2,1-3H3. The van der Waals surface area contributed by atoms with E-state index in [1.807, 2.05) is 6.07 Å². The van der Waals surface area contributed by atoms with Gasteiger partial charge in [0.2, 0.25) is 0 Å². The van der Waals surface area contributed by atoms with Crippen molar-refractivity contribution in [1.29, 1.82) is 0 Å². The van der Waals surface area contributed by atoms with Gasteiger partial charge in [0.05, 0.1) is 24.2 Å². The molecule has 1 aromatic carbocycles. The summed E-state index contributed by atoms with van der Waals surface area (Å²) < 4.78 is 10.7. The topological polar surface area (TPSA) is 64.8 Å². The average molecular weight is 280 g/mol. The third-order valence-corrected chi connectivity index (χ3v) is 3.35. The Morgan fingerprint density at radius 1 is 1.50 bits per heavy atom. The van der Waals surface area contributed by atoms with E-state index in [1.54, 1.807) is 12.1 Å². The summed E-state index contributed by atoms with van der Waals surface area (Å²) in [4.78, 5) is 12.9. The minimum atomic E-state index is -0.411. The quantitative estimate of drug-likeness (QED) is 0.625. The molecule has 6 nitrogen and oxygen atoms in total. The predicted octanol–water partition coefficient (Wildman–Crippen LogP) is 2.21. The van der Waals surface area contributed by atoms with Gasteiger partial charge in [-0.1, -0.05) is 6.07 Å². The van der Waals surface area contributed by atoms with Crippen LogP contribution in [-0.4, -0.2) is 42.2 Å². The maximum absolute atomic E-state index is 11.0. The van der Waals surface area contributed by atoms with Crippen LogP contribution in [0.15, 0.2) is 18.2 Å². The highest BCUT2D eigenvalue weighted by Gasteiger charge is 2.27. The molecule has 6 heteroatoms. The Bertz CT molecular complexity index is 502. The third-order valence-electron chi connectivity index (χ3n) is 3.35. The van der Waals surface area contributed by atoms with E-state index in [9.17, 15) is 10.1 Å². The fourth-order valence-electron chi connectivity index (χ4n) is 2.48. The van der Waals surface area contributed by atoms with Crippen molar-refractivity contribution in [3.05, 3.63) is 33.9 Å². The second kappa shape index (κ2) is 5.76. The summed E-state index contributed by atoms with van der Waals surface area (Å²) in [7, 11) is 1.44. The lowest BCUT2D eigenvalue weighted by Crippen LogP contribution is -2.47. The van der Waals surface area contributed by atoms with Gasteiger partial charge < -0.3 is 9.47 Å². The summed E-state index contributed by atoms with van der Waals surface area (Å²) >= 11 is 0. The zero-order valence-corrected chi connectivity index (χ0v) is 12.1. The second-order valence-corrected chi connectivity index (χ2v) is 5.58. The SMILES string of the molecule is COc1ccc(CN2CCOC(C)(C)C2)cc1[N+](=O)[O-]. The normalized spacial score (nSPS) is 18.8. The molecule has 1 saturated heterocycles. The number of nitro benzene ring substituents is 1. The van der Waals surface area contributed by atoms with Crippen LogP contribution >= 0.6 is 0 Å². The van der Waals surface area contributed by atoms with Gasteiger partial charge in [-0.15, -0.1) is 0 Å². The first-order valence-corrected chi connectivity index (χ1v) is 6.59. The molecule has 0 N–H and O–H groups in total. The van der Waals surface area contributed by atoms with Crippen molar-refractivity contribution in [2.45, 2.75) is 26.0 Å². The van der Waals surface area contributed by atoms with Gasteiger partial charge in [0, 0.05) is 25.7 Å². The first-order valence-electron chi connectivity index (χ1n) is 6.59. The van der Waals surface area contributed by atoms with E-state index >= 15 is 0 Å². The monoisotopic (exact) mass is 280 g/mol. The summed E-state index contributed by atoms with van der Waals surface area (Å²) in [5, 5.41) is 11.0. The Balaban J connectivity index is 2.13. The molecule has 1 heterocycles. The molecular weight excluding hydrogens is 260 g/mol. The maximum Gasteiger partial charge on any atom is 0.311 e. The molecule has 20 heavy (non-hydrogen) atoms. The Morgan fingerprint density at radius 3 is 2.85 bits per heavy atom. The number of morpholine rings is 1. The molecule has 1 aromatic rings. The molecule has 1 aliphatic rings. The number of rotatable bonds is 4. The summed E-state index contributed by atoms with van der Waals surface area (Å²) in [5.41, 5.74) is 0.754. The van der Waals surface area contributed by atoms with Crippen molar-refractivity contribution in [1.82, 2.24) is 4.90 Å². The van der Waals surface area contributed by atoms with Crippen LogP contribution in [0.4, 0.5) is 5.69 Å². The largest absolute Gasteiger partial charge is 0.490 e. The number of nitrogens with zero attached hydrogens (tertiary/aromatic N) is 2. The molecule has 0 aromatic heterocycles. The van der Waals surface area contributed by atoms with Gasteiger partial charge in [-0.3, -0.25) is 15.0 Å². The minimum absolute atomic E-state index is 0.0116. The van der Waals surface area contributed by atoms with Gasteiger partial charge in [-0.05, 0) is 25.5 Å². The highest BCUT2D eigenvalue weighted by molar-refractivity contribution is 5.48. The zero-order chi connectivity index (χ0) is 14.8. The number of methoxy groups -OCH3 is 1. The first kappa shape index (κ1) is 14.7. The number of hydrogen-bond acceptors (Lipinski definition) is 5. The summed E-state index contributed by atoms with van der Waals surface area (Å²) in [6.45, 7) is 7.12. The molecule has 0 radical (unpaired) electrons. The van der Waals surface area contributed by atoms with Crippen molar-refractivity contribution in [3.63, 3.8) is 0 Å². The van der Waals surface area contributed by atoms with Gasteiger partial charge >= 0.3 is 5.69 Å². The van der Waals surface area contributed by atoms with Crippen LogP contribution in [0.1, 0.15) is 19.4 Å². The molecule has 1 aliphatic heterocycles. The predicted molar refractivity (Wildman–Crippen MR) is 75.0 cm³/mol. The molecule has 1 fully saturated rings. The third kappa shape index (κ3) is 3.46. The molecular formula is C14H20N2O4. The highest BCUT2D eigenvalue weighted by atomic mass is 16.6. The van der Waals surface area contributed by atoms with Gasteiger partial charge in [0.25, 0.3) is 0 Å². The molecule has 0 atom stereocenters. The van der Waals surface area contributed by atoms with Gasteiger partial charge in [0.1, 0.15) is 0 Å². The molecule has 2 rings (SSSR count). The Hall–Kier alpha value is -1.66. The molecule has 0 aliphatic carbocycles. The van der Waals surface area contributed by atoms with Crippen LogP contribution in [0.25, 0.3) is 0 Å². The van der Waals surface area contributed by atoms with Crippen LogP contribution in [0.5, 0.6) is 5.75 Å². The van der Waals surface area contributed by atoms with Crippen LogP contribution in [0, 0.1) is 10.1 Å². The van der Waals surface area contributed by atoms with Crippen LogP contribution in [-0.2, 0) is 11.3 Å². The van der Waals surface area contributed by atoms with Crippen molar-refractivity contribution >= 4 is 5.69 Å². The van der Waals surface area contributed by atoms with E-state index in [2.05, 4.69) is 18.7 Å². The lowest BCUT2D eigenvalue weighted by atomic mass is 10.1. The number of benzene rings is 1. The molecule has 110 valence electrons. The van der Waals surface area contributed by atoms with Crippen LogP contribution in [0.3, 0.4) is 0 Å². The van der Waals surface area contributed by atoms with E-state index in [-0.39, 0.29) is 11.3 Å². The minimum Gasteiger partial charge on any atom is -0.490 e. The number of ether oxygens (including phenoxy) is 2. The molecule has 0 unspecified atom stereocenters. The van der Waals surface area contributed by atoms with Crippen LogP contribution in [0.2, 0.25) is 0 Å². The van der Waals surface area contributed by atoms with E-state index in [0.717, 1.165) is 18.7 Å². The molecule has 0 spiro atoms. The van der Waals surface area contributed by atoms with E-state index in [1.165, 1.54) is 7.11 Å². The molecule has 0 amide bonds. The van der Waals surface area contributed by atoms with Crippen molar-refractivity contribution < 1.29 is 14.4 Å². The summed E-state index contributed by atoms with van der Waals surface area (Å²) in [5.74, 6) is 0.293. The smallest absolute Gasteiger partial charge is 0.311 e. The molecule has 0 bridgehead atoms.